The molecule has 0 unspecified atom stereocenters. The van der Waals surface area contributed by atoms with Crippen LogP contribution in [-0.4, -0.2) is 29.8 Å². The van der Waals surface area contributed by atoms with Crippen LogP contribution >= 0.6 is 11.6 Å². The van der Waals surface area contributed by atoms with Crippen LogP contribution in [0, 0.1) is 6.92 Å². The average Bonchev–Trinajstić information content (AvgIpc) is 3.19. The van der Waals surface area contributed by atoms with Crippen molar-refractivity contribution in [3.63, 3.8) is 0 Å². The van der Waals surface area contributed by atoms with Crippen molar-refractivity contribution < 1.29 is 14.0 Å². The van der Waals surface area contributed by atoms with Crippen LogP contribution in [0.15, 0.2) is 65.1 Å². The van der Waals surface area contributed by atoms with E-state index in [0.29, 0.717) is 22.9 Å². The van der Waals surface area contributed by atoms with Gasteiger partial charge in [-0.25, -0.2) is 0 Å². The summed E-state index contributed by atoms with van der Waals surface area (Å²) in [5, 5.41) is 3.41. The first kappa shape index (κ1) is 20.7. The number of aryl methyl sites for hydroxylation is 1. The van der Waals surface area contributed by atoms with Gasteiger partial charge >= 0.3 is 0 Å². The Bertz CT molecular complexity index is 1010. The maximum atomic E-state index is 12.9. The Morgan fingerprint density at radius 1 is 1.03 bits per heavy atom. The molecule has 1 N–H and O–H groups in total. The van der Waals surface area contributed by atoms with Gasteiger partial charge < -0.3 is 14.6 Å². The van der Waals surface area contributed by atoms with Crippen molar-refractivity contribution in [2.24, 2.45) is 0 Å². The van der Waals surface area contributed by atoms with E-state index in [4.69, 9.17) is 16.0 Å². The van der Waals surface area contributed by atoms with Gasteiger partial charge in [-0.1, -0.05) is 48.9 Å². The van der Waals surface area contributed by atoms with E-state index in [0.717, 1.165) is 17.7 Å². The van der Waals surface area contributed by atoms with Crippen LogP contribution < -0.4 is 5.32 Å². The largest absolute Gasteiger partial charge is 0.451 e. The van der Waals surface area contributed by atoms with E-state index in [1.165, 1.54) is 4.90 Å². The van der Waals surface area contributed by atoms with Crippen molar-refractivity contribution in [1.82, 2.24) is 4.90 Å². The lowest BCUT2D eigenvalue weighted by atomic mass is 10.2. The number of benzene rings is 2. The molecule has 2 amide bonds. The van der Waals surface area contributed by atoms with Crippen LogP contribution in [0.1, 0.15) is 29.5 Å². The second-order valence-electron chi connectivity index (χ2n) is 6.73. The van der Waals surface area contributed by atoms with Crippen LogP contribution in [-0.2, 0) is 4.79 Å². The van der Waals surface area contributed by atoms with Gasteiger partial charge in [0.2, 0.25) is 5.91 Å². The number of furan rings is 1. The average molecular weight is 411 g/mol. The highest BCUT2D eigenvalue weighted by molar-refractivity contribution is 6.33. The minimum Gasteiger partial charge on any atom is -0.451 e. The molecule has 5 nitrogen and oxygen atoms in total. The Kier molecular flexibility index (Phi) is 6.73. The molecule has 0 fully saturated rings. The van der Waals surface area contributed by atoms with Crippen molar-refractivity contribution in [3.8, 4) is 11.3 Å². The van der Waals surface area contributed by atoms with Gasteiger partial charge in [0.25, 0.3) is 5.91 Å². The molecule has 0 aliphatic carbocycles. The summed E-state index contributed by atoms with van der Waals surface area (Å²) >= 11 is 6.21. The zero-order valence-electron chi connectivity index (χ0n) is 16.4. The van der Waals surface area contributed by atoms with E-state index in [9.17, 15) is 9.59 Å². The normalized spacial score (nSPS) is 10.6. The Morgan fingerprint density at radius 2 is 1.76 bits per heavy atom. The second-order valence-corrected chi connectivity index (χ2v) is 7.14. The molecule has 150 valence electrons. The number of rotatable bonds is 7. The van der Waals surface area contributed by atoms with Gasteiger partial charge in [-0.3, -0.25) is 9.59 Å². The molecule has 0 aliphatic heterocycles. The van der Waals surface area contributed by atoms with Gasteiger partial charge in [0.05, 0.1) is 5.02 Å². The molecule has 0 spiro atoms. The number of amides is 2. The summed E-state index contributed by atoms with van der Waals surface area (Å²) in [6.07, 6.45) is 0.724. The number of para-hydroxylation sites is 1. The zero-order chi connectivity index (χ0) is 20.8. The van der Waals surface area contributed by atoms with Crippen molar-refractivity contribution in [2.75, 3.05) is 18.4 Å². The van der Waals surface area contributed by atoms with Crippen LogP contribution in [0.2, 0.25) is 5.02 Å². The maximum absolute atomic E-state index is 12.9. The lowest BCUT2D eigenvalue weighted by Crippen LogP contribution is -2.38. The second kappa shape index (κ2) is 9.43. The summed E-state index contributed by atoms with van der Waals surface area (Å²) in [5.74, 6) is 0.112. The predicted octanol–water partition coefficient (Wildman–Crippen LogP) is 5.40. The molecule has 3 aromatic rings. The minimum absolute atomic E-state index is 0.0524. The van der Waals surface area contributed by atoms with Gasteiger partial charge in [-0.2, -0.15) is 0 Å². The highest BCUT2D eigenvalue weighted by atomic mass is 35.5. The molecule has 0 saturated carbocycles. The molecule has 1 heterocycles. The summed E-state index contributed by atoms with van der Waals surface area (Å²) in [7, 11) is 0. The molecule has 3 rings (SSSR count). The Labute approximate surface area is 175 Å². The molecule has 6 heteroatoms. The zero-order valence-corrected chi connectivity index (χ0v) is 17.2. The maximum Gasteiger partial charge on any atom is 0.290 e. The number of carbonyl (C=O) groups excluding carboxylic acids is 2. The van der Waals surface area contributed by atoms with E-state index in [1.807, 2.05) is 56.3 Å². The number of carbonyl (C=O) groups is 2. The first-order chi connectivity index (χ1) is 14.0. The lowest BCUT2D eigenvalue weighted by Gasteiger charge is -2.20. The smallest absolute Gasteiger partial charge is 0.290 e. The molecule has 0 atom stereocenters. The fourth-order valence-corrected chi connectivity index (χ4v) is 3.24. The van der Waals surface area contributed by atoms with E-state index >= 15 is 0 Å². The first-order valence-corrected chi connectivity index (χ1v) is 9.87. The fraction of sp³-hybridized carbons (Fsp3) is 0.217. The third-order valence-electron chi connectivity index (χ3n) is 4.49. The standard InChI is InChI=1S/C23H23ClN2O3/c1-3-14-26(15-22(27)25-19-11-7-4-8-16(19)2)23(28)21-13-12-20(29-21)17-9-5-6-10-18(17)24/h4-13H,3,14-15H2,1-2H3,(H,25,27). The van der Waals surface area contributed by atoms with Crippen molar-refractivity contribution in [3.05, 3.63) is 77.0 Å². The summed E-state index contributed by atoms with van der Waals surface area (Å²) in [5.41, 5.74) is 2.41. The molecule has 0 saturated heterocycles. The van der Waals surface area contributed by atoms with E-state index < -0.39 is 0 Å². The molecule has 1 aromatic heterocycles. The molecule has 29 heavy (non-hydrogen) atoms. The Morgan fingerprint density at radius 3 is 2.48 bits per heavy atom. The summed E-state index contributed by atoms with van der Waals surface area (Å²) in [4.78, 5) is 26.9. The summed E-state index contributed by atoms with van der Waals surface area (Å²) < 4.78 is 5.75. The van der Waals surface area contributed by atoms with Crippen molar-refractivity contribution in [2.45, 2.75) is 20.3 Å². The van der Waals surface area contributed by atoms with Gasteiger partial charge in [0, 0.05) is 17.8 Å². The molecule has 0 aliphatic rings. The van der Waals surface area contributed by atoms with E-state index in [1.54, 1.807) is 18.2 Å². The highest BCUT2D eigenvalue weighted by Crippen LogP contribution is 2.29. The lowest BCUT2D eigenvalue weighted by molar-refractivity contribution is -0.116. The minimum atomic E-state index is -0.329. The summed E-state index contributed by atoms with van der Waals surface area (Å²) in [6, 6.07) is 18.1. The molecule has 0 bridgehead atoms. The quantitative estimate of drug-likeness (QED) is 0.567. The topological polar surface area (TPSA) is 62.6 Å². The van der Waals surface area contributed by atoms with Crippen LogP contribution in [0.5, 0.6) is 0 Å². The third-order valence-corrected chi connectivity index (χ3v) is 4.82. The van der Waals surface area contributed by atoms with Crippen LogP contribution in [0.3, 0.4) is 0 Å². The number of nitrogens with one attached hydrogen (secondary N) is 1. The van der Waals surface area contributed by atoms with Crippen molar-refractivity contribution in [1.29, 1.82) is 0 Å². The van der Waals surface area contributed by atoms with Crippen LogP contribution in [0.4, 0.5) is 5.69 Å². The third kappa shape index (κ3) is 5.06. The van der Waals surface area contributed by atoms with Gasteiger partial charge in [-0.05, 0) is 49.2 Å². The number of hydrogen-bond acceptors (Lipinski definition) is 3. The first-order valence-electron chi connectivity index (χ1n) is 9.49. The van der Waals surface area contributed by atoms with Gasteiger partial charge in [0.15, 0.2) is 5.76 Å². The SMILES string of the molecule is CCCN(CC(=O)Nc1ccccc1C)C(=O)c1ccc(-c2ccccc2Cl)o1. The van der Waals surface area contributed by atoms with Gasteiger partial charge in [0.1, 0.15) is 12.3 Å². The van der Waals surface area contributed by atoms with E-state index in [2.05, 4.69) is 5.32 Å². The number of hydrogen-bond donors (Lipinski definition) is 1. The van der Waals surface area contributed by atoms with Crippen LogP contribution in [0.25, 0.3) is 11.3 Å². The summed E-state index contributed by atoms with van der Waals surface area (Å²) in [6.45, 7) is 4.27. The number of nitrogens with zero attached hydrogens (tertiary/aromatic N) is 1. The molecular formula is C23H23ClN2O3. The number of anilines is 1. The van der Waals surface area contributed by atoms with E-state index in [-0.39, 0.29) is 24.1 Å². The highest BCUT2D eigenvalue weighted by Gasteiger charge is 2.22. The monoisotopic (exact) mass is 410 g/mol. The number of halogens is 1. The molecular weight excluding hydrogens is 388 g/mol. The Balaban J connectivity index is 1.73. The van der Waals surface area contributed by atoms with Gasteiger partial charge in [-0.15, -0.1) is 0 Å². The van der Waals surface area contributed by atoms with Crippen molar-refractivity contribution >= 4 is 29.1 Å². The predicted molar refractivity (Wildman–Crippen MR) is 115 cm³/mol. The molecule has 0 radical (unpaired) electrons. The molecule has 2 aromatic carbocycles. The Hall–Kier alpha value is -3.05. The fourth-order valence-electron chi connectivity index (χ4n) is 3.01.